The van der Waals surface area contributed by atoms with Crippen molar-refractivity contribution in [3.63, 3.8) is 0 Å². The van der Waals surface area contributed by atoms with Crippen molar-refractivity contribution in [3.05, 3.63) is 169 Å². The number of hydrazine groups is 1. The van der Waals surface area contributed by atoms with Crippen LogP contribution in [0, 0.1) is 0 Å². The van der Waals surface area contributed by atoms with Gasteiger partial charge in [0, 0.05) is 39.5 Å². The SMILES string of the molecule is CC1(C)c2cc(N(c3ccccc3)c3ccccc3)ccc2N(N)c2ccc(N(c3ccccc3)c3ccccc3)cc21. The average Bonchev–Trinajstić information content (AvgIpc) is 3.06. The van der Waals surface area contributed by atoms with Crippen LogP contribution in [0.15, 0.2) is 158 Å². The van der Waals surface area contributed by atoms with Crippen molar-refractivity contribution in [2.45, 2.75) is 19.3 Å². The molecular formula is C39H34N4. The predicted octanol–water partition coefficient (Wildman–Crippen LogP) is 10.3. The smallest absolute Gasteiger partial charge is 0.0617 e. The van der Waals surface area contributed by atoms with Crippen molar-refractivity contribution in [2.24, 2.45) is 5.84 Å². The van der Waals surface area contributed by atoms with Crippen LogP contribution in [0.2, 0.25) is 0 Å². The van der Waals surface area contributed by atoms with Crippen LogP contribution in [-0.4, -0.2) is 0 Å². The molecule has 43 heavy (non-hydrogen) atoms. The van der Waals surface area contributed by atoms with Crippen molar-refractivity contribution >= 4 is 45.5 Å². The van der Waals surface area contributed by atoms with E-state index in [0.29, 0.717) is 0 Å². The fraction of sp³-hybridized carbons (Fsp3) is 0.0769. The predicted molar refractivity (Wildman–Crippen MR) is 181 cm³/mol. The van der Waals surface area contributed by atoms with E-state index in [1.807, 2.05) is 5.01 Å². The first-order chi connectivity index (χ1) is 21.0. The van der Waals surface area contributed by atoms with E-state index < -0.39 is 0 Å². The van der Waals surface area contributed by atoms with Gasteiger partial charge < -0.3 is 9.80 Å². The second-order valence-electron chi connectivity index (χ2n) is 11.4. The number of hydrogen-bond donors (Lipinski definition) is 1. The molecule has 7 rings (SSSR count). The van der Waals surface area contributed by atoms with E-state index in [1.54, 1.807) is 0 Å². The summed E-state index contributed by atoms with van der Waals surface area (Å²) in [7, 11) is 0. The lowest BCUT2D eigenvalue weighted by Gasteiger charge is -2.41. The van der Waals surface area contributed by atoms with Gasteiger partial charge in [-0.1, -0.05) is 86.6 Å². The Bertz CT molecular complexity index is 1640. The Morgan fingerprint density at radius 3 is 1.02 bits per heavy atom. The highest BCUT2D eigenvalue weighted by Crippen LogP contribution is 2.51. The van der Waals surface area contributed by atoms with Crippen LogP contribution >= 0.6 is 0 Å². The van der Waals surface area contributed by atoms with E-state index in [-0.39, 0.29) is 5.41 Å². The van der Waals surface area contributed by atoms with E-state index in [9.17, 15) is 0 Å². The molecule has 0 bridgehead atoms. The summed E-state index contributed by atoms with van der Waals surface area (Å²) in [6.07, 6.45) is 0. The van der Waals surface area contributed by atoms with Gasteiger partial charge >= 0.3 is 0 Å². The standard InChI is InChI=1S/C39H34N4/c1-39(2)35-27-33(41(29-15-7-3-8-16-29)30-17-9-4-10-18-30)23-25-37(35)43(40)38-26-24-34(28-36(38)39)42(31-19-11-5-12-20-31)32-21-13-6-14-22-32/h3-28H,40H2,1-2H3. The molecule has 4 heteroatoms. The summed E-state index contributed by atoms with van der Waals surface area (Å²) < 4.78 is 0. The number of nitrogens with zero attached hydrogens (tertiary/aromatic N) is 3. The molecule has 1 heterocycles. The fourth-order valence-electron chi connectivity index (χ4n) is 6.23. The Morgan fingerprint density at radius 1 is 0.419 bits per heavy atom. The van der Waals surface area contributed by atoms with Crippen molar-refractivity contribution in [2.75, 3.05) is 14.8 Å². The Labute approximate surface area is 253 Å². The molecule has 6 aromatic carbocycles. The average molecular weight is 559 g/mol. The minimum absolute atomic E-state index is 0.315. The molecule has 0 fully saturated rings. The van der Waals surface area contributed by atoms with Crippen LogP contribution in [-0.2, 0) is 5.41 Å². The lowest BCUT2D eigenvalue weighted by atomic mass is 9.73. The van der Waals surface area contributed by atoms with Crippen LogP contribution in [0.25, 0.3) is 0 Å². The largest absolute Gasteiger partial charge is 0.310 e. The second-order valence-corrected chi connectivity index (χ2v) is 11.4. The molecule has 0 amide bonds. The van der Waals surface area contributed by atoms with Gasteiger partial charge in [0.15, 0.2) is 0 Å². The third kappa shape index (κ3) is 4.72. The van der Waals surface area contributed by atoms with Gasteiger partial charge in [0.1, 0.15) is 0 Å². The van der Waals surface area contributed by atoms with Gasteiger partial charge in [-0.2, -0.15) is 0 Å². The number of rotatable bonds is 6. The number of anilines is 8. The first-order valence-electron chi connectivity index (χ1n) is 14.7. The van der Waals surface area contributed by atoms with Gasteiger partial charge in [-0.15, -0.1) is 0 Å². The highest BCUT2D eigenvalue weighted by Gasteiger charge is 2.37. The van der Waals surface area contributed by atoms with Crippen LogP contribution in [0.1, 0.15) is 25.0 Å². The molecule has 0 saturated carbocycles. The second kappa shape index (κ2) is 10.8. The van der Waals surface area contributed by atoms with E-state index in [0.717, 1.165) is 45.5 Å². The summed E-state index contributed by atoms with van der Waals surface area (Å²) in [6.45, 7) is 4.60. The van der Waals surface area contributed by atoms with Crippen LogP contribution in [0.3, 0.4) is 0 Å². The topological polar surface area (TPSA) is 35.7 Å². The molecule has 0 radical (unpaired) electrons. The summed E-state index contributed by atoms with van der Waals surface area (Å²) >= 11 is 0. The lowest BCUT2D eigenvalue weighted by Crippen LogP contribution is -2.37. The molecule has 2 N–H and O–H groups in total. The van der Waals surface area contributed by atoms with Gasteiger partial charge in [-0.3, -0.25) is 5.01 Å². The summed E-state index contributed by atoms with van der Waals surface area (Å²) in [5, 5.41) is 1.84. The number of hydrogen-bond acceptors (Lipinski definition) is 4. The van der Waals surface area contributed by atoms with Crippen molar-refractivity contribution < 1.29 is 0 Å². The highest BCUT2D eigenvalue weighted by atomic mass is 15.4. The van der Waals surface area contributed by atoms with Crippen LogP contribution in [0.5, 0.6) is 0 Å². The van der Waals surface area contributed by atoms with Gasteiger partial charge in [0.25, 0.3) is 0 Å². The zero-order chi connectivity index (χ0) is 29.4. The minimum Gasteiger partial charge on any atom is -0.310 e. The lowest BCUT2D eigenvalue weighted by molar-refractivity contribution is 0.626. The normalized spacial score (nSPS) is 13.1. The molecule has 0 aliphatic carbocycles. The summed E-state index contributed by atoms with van der Waals surface area (Å²) in [5.74, 6) is 6.88. The quantitative estimate of drug-likeness (QED) is 0.206. The fourth-order valence-corrected chi connectivity index (χ4v) is 6.23. The molecule has 6 aromatic rings. The maximum Gasteiger partial charge on any atom is 0.0617 e. The molecule has 0 spiro atoms. The zero-order valence-electron chi connectivity index (χ0n) is 24.4. The number of benzene rings is 6. The third-order valence-electron chi connectivity index (χ3n) is 8.40. The molecule has 210 valence electrons. The van der Waals surface area contributed by atoms with E-state index >= 15 is 0 Å². The van der Waals surface area contributed by atoms with Crippen molar-refractivity contribution in [1.82, 2.24) is 0 Å². The summed E-state index contributed by atoms with van der Waals surface area (Å²) in [4.78, 5) is 4.60. The van der Waals surface area contributed by atoms with Gasteiger partial charge in [0.2, 0.25) is 0 Å². The Kier molecular flexibility index (Phi) is 6.69. The number of para-hydroxylation sites is 4. The molecule has 0 atom stereocenters. The highest BCUT2D eigenvalue weighted by molar-refractivity contribution is 5.85. The molecule has 0 unspecified atom stereocenters. The first-order valence-corrected chi connectivity index (χ1v) is 14.7. The molecule has 0 aromatic heterocycles. The van der Waals surface area contributed by atoms with E-state index in [4.69, 9.17) is 5.84 Å². The monoisotopic (exact) mass is 558 g/mol. The number of fused-ring (bicyclic) bond motifs is 2. The molecular weight excluding hydrogens is 524 g/mol. The van der Waals surface area contributed by atoms with Crippen molar-refractivity contribution in [1.29, 1.82) is 0 Å². The molecule has 4 nitrogen and oxygen atoms in total. The zero-order valence-corrected chi connectivity index (χ0v) is 24.4. The first kappa shape index (κ1) is 26.6. The van der Waals surface area contributed by atoms with Gasteiger partial charge in [-0.05, 0) is 96.1 Å². The molecule has 0 saturated heterocycles. The maximum atomic E-state index is 6.88. The van der Waals surface area contributed by atoms with Crippen molar-refractivity contribution in [3.8, 4) is 0 Å². The van der Waals surface area contributed by atoms with Crippen LogP contribution in [0.4, 0.5) is 45.5 Å². The van der Waals surface area contributed by atoms with E-state index in [1.165, 1.54) is 11.1 Å². The number of nitrogens with two attached hydrogens (primary N) is 1. The van der Waals surface area contributed by atoms with Gasteiger partial charge in [-0.25, -0.2) is 5.84 Å². The summed E-state index contributed by atoms with van der Waals surface area (Å²) in [6, 6.07) is 55.3. The Balaban J connectivity index is 1.37. The minimum atomic E-state index is -0.315. The Morgan fingerprint density at radius 2 is 0.721 bits per heavy atom. The third-order valence-corrected chi connectivity index (χ3v) is 8.40. The van der Waals surface area contributed by atoms with Gasteiger partial charge in [0.05, 0.1) is 11.4 Å². The summed E-state index contributed by atoms with van der Waals surface area (Å²) in [5.41, 5.74) is 10.7. The molecule has 1 aliphatic heterocycles. The van der Waals surface area contributed by atoms with E-state index in [2.05, 4.69) is 181 Å². The van der Waals surface area contributed by atoms with Crippen LogP contribution < -0.4 is 20.7 Å². The Hall–Kier alpha value is -5.32. The maximum absolute atomic E-state index is 6.88. The molecule has 1 aliphatic rings.